The Morgan fingerprint density at radius 3 is 2.86 bits per heavy atom. The molecule has 1 aromatic heterocycles. The first-order valence-corrected chi connectivity index (χ1v) is 7.89. The first kappa shape index (κ1) is 15.9. The summed E-state index contributed by atoms with van der Waals surface area (Å²) in [4.78, 5) is 17.7. The molecular formula is C15H16ClFN2OS. The van der Waals surface area contributed by atoms with Crippen LogP contribution in [0.2, 0.25) is 5.02 Å². The van der Waals surface area contributed by atoms with E-state index in [1.165, 1.54) is 23.1 Å². The van der Waals surface area contributed by atoms with Crippen LogP contribution in [0.1, 0.15) is 32.9 Å². The number of aryl methyl sites for hydroxylation is 2. The number of rotatable bonds is 5. The third kappa shape index (κ3) is 3.80. The first-order chi connectivity index (χ1) is 10.0. The number of aromatic nitrogens is 1. The van der Waals surface area contributed by atoms with Crippen molar-refractivity contribution >= 4 is 28.8 Å². The average molecular weight is 327 g/mol. The molecule has 112 valence electrons. The van der Waals surface area contributed by atoms with Crippen LogP contribution >= 0.6 is 22.9 Å². The second-order valence-corrected chi connectivity index (χ2v) is 6.26. The lowest BCUT2D eigenvalue weighted by Crippen LogP contribution is -2.26. The van der Waals surface area contributed by atoms with Gasteiger partial charge in [0.1, 0.15) is 5.82 Å². The van der Waals surface area contributed by atoms with E-state index in [9.17, 15) is 9.18 Å². The molecule has 3 nitrogen and oxygen atoms in total. The number of thiazole rings is 1. The first-order valence-electron chi connectivity index (χ1n) is 6.70. The van der Waals surface area contributed by atoms with Gasteiger partial charge in [-0.2, -0.15) is 0 Å². The number of carbonyl (C=O) groups excluding carboxylic acids is 1. The zero-order chi connectivity index (χ0) is 15.4. The van der Waals surface area contributed by atoms with Crippen molar-refractivity contribution in [2.24, 2.45) is 0 Å². The second kappa shape index (κ2) is 7.00. The molecule has 0 unspecified atom stereocenters. The molecule has 6 heteroatoms. The van der Waals surface area contributed by atoms with Crippen molar-refractivity contribution in [3.8, 4) is 0 Å². The monoisotopic (exact) mass is 326 g/mol. The van der Waals surface area contributed by atoms with Crippen molar-refractivity contribution in [1.29, 1.82) is 0 Å². The number of halogens is 2. The summed E-state index contributed by atoms with van der Waals surface area (Å²) in [5.74, 6) is -1.11. The molecule has 2 rings (SSSR count). The van der Waals surface area contributed by atoms with Crippen molar-refractivity contribution in [3.63, 3.8) is 0 Å². The number of carbonyl (C=O) groups is 1. The SMILES string of the molecule is CCc1nc(CCNC(=O)c2c(F)cccc2Cl)sc1C. The fourth-order valence-electron chi connectivity index (χ4n) is 2.01. The van der Waals surface area contributed by atoms with Crippen LogP contribution in [0.4, 0.5) is 4.39 Å². The van der Waals surface area contributed by atoms with Gasteiger partial charge in [-0.05, 0) is 25.5 Å². The predicted molar refractivity (Wildman–Crippen MR) is 83.7 cm³/mol. The average Bonchev–Trinajstić information content (AvgIpc) is 2.79. The molecule has 0 atom stereocenters. The van der Waals surface area contributed by atoms with E-state index < -0.39 is 11.7 Å². The quantitative estimate of drug-likeness (QED) is 0.908. The van der Waals surface area contributed by atoms with E-state index in [0.29, 0.717) is 13.0 Å². The van der Waals surface area contributed by atoms with Crippen molar-refractivity contribution < 1.29 is 9.18 Å². The molecule has 0 aliphatic rings. The summed E-state index contributed by atoms with van der Waals surface area (Å²) in [5.41, 5.74) is 0.988. The fourth-order valence-corrected chi connectivity index (χ4v) is 3.28. The third-order valence-electron chi connectivity index (χ3n) is 3.09. The molecule has 1 heterocycles. The Bertz CT molecular complexity index is 637. The molecule has 1 N–H and O–H groups in total. The van der Waals surface area contributed by atoms with Gasteiger partial charge in [-0.15, -0.1) is 11.3 Å². The number of benzene rings is 1. The summed E-state index contributed by atoms with van der Waals surface area (Å²) in [6, 6.07) is 4.19. The van der Waals surface area contributed by atoms with Crippen LogP contribution in [-0.2, 0) is 12.8 Å². The smallest absolute Gasteiger partial charge is 0.255 e. The Labute approximate surface area is 132 Å². The Morgan fingerprint density at radius 1 is 1.48 bits per heavy atom. The van der Waals surface area contributed by atoms with Gasteiger partial charge in [-0.1, -0.05) is 24.6 Å². The molecule has 0 saturated carbocycles. The molecule has 0 aliphatic carbocycles. The van der Waals surface area contributed by atoms with Gasteiger partial charge in [-0.25, -0.2) is 9.37 Å². The van der Waals surface area contributed by atoms with Crippen LogP contribution in [0.3, 0.4) is 0 Å². The highest BCUT2D eigenvalue weighted by atomic mass is 35.5. The van der Waals surface area contributed by atoms with Crippen LogP contribution in [-0.4, -0.2) is 17.4 Å². The highest BCUT2D eigenvalue weighted by Gasteiger charge is 2.15. The number of nitrogens with zero attached hydrogens (tertiary/aromatic N) is 1. The summed E-state index contributed by atoms with van der Waals surface area (Å²) in [5, 5.41) is 3.77. The van der Waals surface area contributed by atoms with Gasteiger partial charge in [0, 0.05) is 17.8 Å². The zero-order valence-electron chi connectivity index (χ0n) is 11.9. The van der Waals surface area contributed by atoms with Crippen molar-refractivity contribution in [2.45, 2.75) is 26.7 Å². The number of amides is 1. The third-order valence-corrected chi connectivity index (χ3v) is 4.47. The highest BCUT2D eigenvalue weighted by Crippen LogP contribution is 2.19. The van der Waals surface area contributed by atoms with E-state index in [0.717, 1.165) is 17.1 Å². The Morgan fingerprint density at radius 2 is 2.24 bits per heavy atom. The van der Waals surface area contributed by atoms with Crippen molar-refractivity contribution in [2.75, 3.05) is 6.54 Å². The summed E-state index contributed by atoms with van der Waals surface area (Å²) in [6.45, 7) is 4.51. The maximum absolute atomic E-state index is 13.6. The fraction of sp³-hybridized carbons (Fsp3) is 0.333. The van der Waals surface area contributed by atoms with Crippen LogP contribution in [0.25, 0.3) is 0 Å². The van der Waals surface area contributed by atoms with E-state index >= 15 is 0 Å². The molecule has 0 radical (unpaired) electrons. The molecule has 21 heavy (non-hydrogen) atoms. The zero-order valence-corrected chi connectivity index (χ0v) is 13.4. The Balaban J connectivity index is 1.95. The molecule has 0 aliphatic heterocycles. The molecule has 0 fully saturated rings. The van der Waals surface area contributed by atoms with Gasteiger partial charge in [0.2, 0.25) is 0 Å². The summed E-state index contributed by atoms with van der Waals surface area (Å²) in [7, 11) is 0. The van der Waals surface area contributed by atoms with E-state index in [1.54, 1.807) is 11.3 Å². The van der Waals surface area contributed by atoms with Gasteiger partial charge in [0.25, 0.3) is 5.91 Å². The molecule has 0 spiro atoms. The van der Waals surface area contributed by atoms with Gasteiger partial charge in [0.05, 0.1) is 21.3 Å². The van der Waals surface area contributed by atoms with Gasteiger partial charge < -0.3 is 5.32 Å². The largest absolute Gasteiger partial charge is 0.351 e. The Hall–Kier alpha value is -1.46. The van der Waals surface area contributed by atoms with Crippen LogP contribution in [0.5, 0.6) is 0 Å². The van der Waals surface area contributed by atoms with Crippen molar-refractivity contribution in [1.82, 2.24) is 10.3 Å². The Kier molecular flexibility index (Phi) is 5.31. The second-order valence-electron chi connectivity index (χ2n) is 4.57. The predicted octanol–water partition coefficient (Wildman–Crippen LogP) is 3.78. The number of nitrogens with one attached hydrogen (secondary N) is 1. The minimum atomic E-state index is -0.613. The lowest BCUT2D eigenvalue weighted by atomic mass is 10.2. The van der Waals surface area contributed by atoms with Crippen LogP contribution in [0.15, 0.2) is 18.2 Å². The molecule has 0 bridgehead atoms. The summed E-state index contributed by atoms with van der Waals surface area (Å²) < 4.78 is 13.6. The van der Waals surface area contributed by atoms with Crippen LogP contribution < -0.4 is 5.32 Å². The molecule has 1 aromatic carbocycles. The lowest BCUT2D eigenvalue weighted by Gasteiger charge is -2.06. The standard InChI is InChI=1S/C15H16ClFN2OS/c1-3-12-9(2)21-13(19-12)7-8-18-15(20)14-10(16)5-4-6-11(14)17/h4-6H,3,7-8H2,1-2H3,(H,18,20). The lowest BCUT2D eigenvalue weighted by molar-refractivity contribution is 0.0950. The van der Waals surface area contributed by atoms with E-state index in [2.05, 4.69) is 17.2 Å². The minimum Gasteiger partial charge on any atom is -0.351 e. The van der Waals surface area contributed by atoms with Gasteiger partial charge in [0.15, 0.2) is 0 Å². The van der Waals surface area contributed by atoms with Crippen molar-refractivity contribution in [3.05, 3.63) is 50.2 Å². The van der Waals surface area contributed by atoms with Gasteiger partial charge >= 0.3 is 0 Å². The van der Waals surface area contributed by atoms with Gasteiger partial charge in [-0.3, -0.25) is 4.79 Å². The van der Waals surface area contributed by atoms with E-state index in [1.807, 2.05) is 6.92 Å². The highest BCUT2D eigenvalue weighted by molar-refractivity contribution is 7.11. The van der Waals surface area contributed by atoms with E-state index in [-0.39, 0.29) is 10.6 Å². The van der Waals surface area contributed by atoms with E-state index in [4.69, 9.17) is 11.6 Å². The maximum Gasteiger partial charge on any atom is 0.255 e. The van der Waals surface area contributed by atoms with Crippen LogP contribution in [0, 0.1) is 12.7 Å². The number of hydrogen-bond donors (Lipinski definition) is 1. The molecule has 1 amide bonds. The molecule has 2 aromatic rings. The number of hydrogen-bond acceptors (Lipinski definition) is 3. The molecule has 0 saturated heterocycles. The topological polar surface area (TPSA) is 42.0 Å². The minimum absolute atomic E-state index is 0.108. The molecular weight excluding hydrogens is 311 g/mol. The normalized spacial score (nSPS) is 10.7. The summed E-state index contributed by atoms with van der Waals surface area (Å²) in [6.07, 6.45) is 1.53. The maximum atomic E-state index is 13.6. The summed E-state index contributed by atoms with van der Waals surface area (Å²) >= 11 is 7.48.